The maximum atomic E-state index is 13.3. The molecule has 2 nitrogen and oxygen atoms in total. The van der Waals surface area contributed by atoms with E-state index in [1.54, 1.807) is 12.1 Å². The average molecular weight is 235 g/mol. The van der Waals surface area contributed by atoms with E-state index in [-0.39, 0.29) is 17.6 Å². The fourth-order valence-electron chi connectivity index (χ4n) is 1.64. The number of terminal acetylenes is 1. The van der Waals surface area contributed by atoms with Crippen molar-refractivity contribution in [3.05, 3.63) is 29.6 Å². The first kappa shape index (κ1) is 13.5. The molecule has 0 saturated carbocycles. The highest BCUT2D eigenvalue weighted by Crippen LogP contribution is 2.24. The highest BCUT2D eigenvalue weighted by molar-refractivity contribution is 5.32. The van der Waals surface area contributed by atoms with Crippen LogP contribution in [0.25, 0.3) is 0 Å². The molecule has 0 aromatic heterocycles. The minimum Gasteiger partial charge on any atom is -0.494 e. The Hall–Kier alpha value is -1.53. The third kappa shape index (κ3) is 3.76. The van der Waals surface area contributed by atoms with Gasteiger partial charge in [-0.1, -0.05) is 13.0 Å². The lowest BCUT2D eigenvalue weighted by Crippen LogP contribution is -2.21. The molecule has 1 aromatic carbocycles. The Balaban J connectivity index is 2.89. The van der Waals surface area contributed by atoms with Crippen molar-refractivity contribution in [1.82, 2.24) is 5.32 Å². The highest BCUT2D eigenvalue weighted by Gasteiger charge is 2.12. The molecule has 0 fully saturated rings. The second-order valence-corrected chi connectivity index (χ2v) is 3.81. The summed E-state index contributed by atoms with van der Waals surface area (Å²) in [5, 5.41) is 3.34. The Kier molecular flexibility index (Phi) is 5.51. The maximum absolute atomic E-state index is 13.3. The molecule has 0 aliphatic rings. The molecule has 92 valence electrons. The van der Waals surface area contributed by atoms with Crippen LogP contribution in [0.1, 0.15) is 31.4 Å². The van der Waals surface area contributed by atoms with Gasteiger partial charge in [0.05, 0.1) is 7.11 Å². The Morgan fingerprint density at radius 1 is 1.53 bits per heavy atom. The first-order valence-electron chi connectivity index (χ1n) is 5.73. The molecule has 0 spiro atoms. The molecule has 1 aromatic rings. The molecule has 0 saturated heterocycles. The summed E-state index contributed by atoms with van der Waals surface area (Å²) in [5.41, 5.74) is 0.953. The van der Waals surface area contributed by atoms with Crippen LogP contribution >= 0.6 is 0 Å². The van der Waals surface area contributed by atoms with E-state index in [0.29, 0.717) is 6.42 Å². The fraction of sp³-hybridized carbons (Fsp3) is 0.429. The Labute approximate surface area is 102 Å². The smallest absolute Gasteiger partial charge is 0.165 e. The number of halogens is 1. The van der Waals surface area contributed by atoms with E-state index in [2.05, 4.69) is 18.2 Å². The van der Waals surface area contributed by atoms with Crippen molar-refractivity contribution in [1.29, 1.82) is 0 Å². The van der Waals surface area contributed by atoms with E-state index in [1.165, 1.54) is 13.2 Å². The lowest BCUT2D eigenvalue weighted by Gasteiger charge is -2.17. The van der Waals surface area contributed by atoms with Crippen LogP contribution in [0.15, 0.2) is 18.2 Å². The normalized spacial score (nSPS) is 11.9. The zero-order valence-electron chi connectivity index (χ0n) is 10.3. The van der Waals surface area contributed by atoms with Gasteiger partial charge in [0.1, 0.15) is 0 Å². The molecule has 0 aliphatic heterocycles. The number of methoxy groups -OCH3 is 1. The van der Waals surface area contributed by atoms with Crippen molar-refractivity contribution < 1.29 is 9.13 Å². The van der Waals surface area contributed by atoms with Crippen LogP contribution in [0.2, 0.25) is 0 Å². The summed E-state index contributed by atoms with van der Waals surface area (Å²) in [7, 11) is 1.46. The molecular formula is C14H18FNO. The Bertz CT molecular complexity index is 398. The van der Waals surface area contributed by atoms with Gasteiger partial charge in [0, 0.05) is 12.5 Å². The number of hydrogen-bond acceptors (Lipinski definition) is 2. The Morgan fingerprint density at radius 3 is 2.88 bits per heavy atom. The molecule has 1 unspecified atom stereocenters. The quantitative estimate of drug-likeness (QED) is 0.765. The monoisotopic (exact) mass is 235 g/mol. The van der Waals surface area contributed by atoms with Gasteiger partial charge in [-0.2, -0.15) is 0 Å². The van der Waals surface area contributed by atoms with E-state index in [0.717, 1.165) is 18.5 Å². The van der Waals surface area contributed by atoms with Gasteiger partial charge in [-0.3, -0.25) is 0 Å². The van der Waals surface area contributed by atoms with Crippen molar-refractivity contribution in [3.63, 3.8) is 0 Å². The van der Waals surface area contributed by atoms with Crippen molar-refractivity contribution in [3.8, 4) is 18.1 Å². The number of benzene rings is 1. The molecule has 1 atom stereocenters. The van der Waals surface area contributed by atoms with Crippen LogP contribution in [0, 0.1) is 18.2 Å². The summed E-state index contributed by atoms with van der Waals surface area (Å²) >= 11 is 0. The summed E-state index contributed by atoms with van der Waals surface area (Å²) < 4.78 is 18.2. The molecule has 1 rings (SSSR count). The van der Waals surface area contributed by atoms with E-state index in [1.807, 2.05) is 0 Å². The van der Waals surface area contributed by atoms with Crippen LogP contribution in [0.5, 0.6) is 5.75 Å². The predicted octanol–water partition coefficient (Wildman–Crippen LogP) is 2.90. The molecule has 0 bridgehead atoms. The molecule has 0 heterocycles. The standard InChI is InChI=1S/C14H18FNO/c1-4-6-13(16-9-5-2)11-7-8-12(15)14(10-11)17-3/h1,7-8,10,13,16H,5-6,9H2,2-3H3. The minimum absolute atomic E-state index is 0.0504. The summed E-state index contributed by atoms with van der Waals surface area (Å²) in [6.07, 6.45) is 6.95. The Morgan fingerprint density at radius 2 is 2.29 bits per heavy atom. The van der Waals surface area contributed by atoms with Crippen LogP contribution in [-0.4, -0.2) is 13.7 Å². The summed E-state index contributed by atoms with van der Waals surface area (Å²) in [5.74, 6) is 2.53. The number of nitrogens with one attached hydrogen (secondary N) is 1. The third-order valence-electron chi connectivity index (χ3n) is 2.54. The van der Waals surface area contributed by atoms with Gasteiger partial charge in [0.15, 0.2) is 11.6 Å². The van der Waals surface area contributed by atoms with Crippen LogP contribution in [-0.2, 0) is 0 Å². The number of rotatable bonds is 6. The SMILES string of the molecule is C#CCC(NCCC)c1ccc(F)c(OC)c1. The van der Waals surface area contributed by atoms with Gasteiger partial charge in [-0.15, -0.1) is 12.3 Å². The van der Waals surface area contributed by atoms with Crippen molar-refractivity contribution in [2.45, 2.75) is 25.8 Å². The van der Waals surface area contributed by atoms with E-state index < -0.39 is 0 Å². The van der Waals surface area contributed by atoms with Crippen molar-refractivity contribution in [2.75, 3.05) is 13.7 Å². The van der Waals surface area contributed by atoms with Gasteiger partial charge in [0.25, 0.3) is 0 Å². The van der Waals surface area contributed by atoms with Crippen LogP contribution in [0.4, 0.5) is 4.39 Å². The van der Waals surface area contributed by atoms with Gasteiger partial charge < -0.3 is 10.1 Å². The summed E-state index contributed by atoms with van der Waals surface area (Å²) in [4.78, 5) is 0. The third-order valence-corrected chi connectivity index (χ3v) is 2.54. The van der Waals surface area contributed by atoms with E-state index in [4.69, 9.17) is 11.2 Å². The number of hydrogen-bond donors (Lipinski definition) is 1. The molecule has 1 N–H and O–H groups in total. The molecule has 0 amide bonds. The topological polar surface area (TPSA) is 21.3 Å². The highest BCUT2D eigenvalue weighted by atomic mass is 19.1. The first-order chi connectivity index (χ1) is 8.22. The van der Waals surface area contributed by atoms with Gasteiger partial charge in [-0.25, -0.2) is 4.39 Å². The fourth-order valence-corrected chi connectivity index (χ4v) is 1.64. The largest absolute Gasteiger partial charge is 0.494 e. The van der Waals surface area contributed by atoms with Crippen LogP contribution < -0.4 is 10.1 Å². The van der Waals surface area contributed by atoms with Crippen molar-refractivity contribution >= 4 is 0 Å². The predicted molar refractivity (Wildman–Crippen MR) is 67.4 cm³/mol. The second-order valence-electron chi connectivity index (χ2n) is 3.81. The van der Waals surface area contributed by atoms with Gasteiger partial charge in [-0.05, 0) is 30.7 Å². The lowest BCUT2D eigenvalue weighted by atomic mass is 10.0. The summed E-state index contributed by atoms with van der Waals surface area (Å²) in [6, 6.07) is 4.89. The zero-order valence-corrected chi connectivity index (χ0v) is 10.3. The van der Waals surface area contributed by atoms with E-state index >= 15 is 0 Å². The average Bonchev–Trinajstić information content (AvgIpc) is 2.35. The molecule has 3 heteroatoms. The molecule has 17 heavy (non-hydrogen) atoms. The summed E-state index contributed by atoms with van der Waals surface area (Å²) in [6.45, 7) is 2.97. The first-order valence-corrected chi connectivity index (χ1v) is 5.73. The van der Waals surface area contributed by atoms with Gasteiger partial charge in [0.2, 0.25) is 0 Å². The van der Waals surface area contributed by atoms with Crippen molar-refractivity contribution in [2.24, 2.45) is 0 Å². The maximum Gasteiger partial charge on any atom is 0.165 e. The number of ether oxygens (including phenoxy) is 1. The molecule has 0 radical (unpaired) electrons. The lowest BCUT2D eigenvalue weighted by molar-refractivity contribution is 0.384. The van der Waals surface area contributed by atoms with Crippen LogP contribution in [0.3, 0.4) is 0 Å². The van der Waals surface area contributed by atoms with E-state index in [9.17, 15) is 4.39 Å². The second kappa shape index (κ2) is 6.93. The molecule has 0 aliphatic carbocycles. The minimum atomic E-state index is -0.355. The zero-order chi connectivity index (χ0) is 12.7. The molecular weight excluding hydrogens is 217 g/mol. The van der Waals surface area contributed by atoms with Gasteiger partial charge >= 0.3 is 0 Å².